The SMILES string of the molecule is COC(F)(F)C(F)(F)C(F)(F)C(F)(F)C(F)(F)C(F)(F)C(F)(F)F. The molecule has 16 heteroatoms. The maximum Gasteiger partial charge on any atom is 0.460 e. The Morgan fingerprint density at radius 3 is 0.917 bits per heavy atom. The third-order valence-electron chi connectivity index (χ3n) is 2.56. The summed E-state index contributed by atoms with van der Waals surface area (Å²) in [5.41, 5.74) is 0. The summed E-state index contributed by atoms with van der Waals surface area (Å²) in [6, 6.07) is 0. The highest BCUT2D eigenvalue weighted by Gasteiger charge is 2.93. The van der Waals surface area contributed by atoms with Gasteiger partial charge in [-0.05, 0) is 0 Å². The van der Waals surface area contributed by atoms with E-state index in [4.69, 9.17) is 0 Å². The summed E-state index contributed by atoms with van der Waals surface area (Å²) in [5, 5.41) is 0. The van der Waals surface area contributed by atoms with Crippen molar-refractivity contribution >= 4 is 0 Å². The van der Waals surface area contributed by atoms with E-state index in [1.807, 2.05) is 0 Å². The number of alkyl halides is 15. The van der Waals surface area contributed by atoms with Crippen molar-refractivity contribution < 1.29 is 70.6 Å². The van der Waals surface area contributed by atoms with Gasteiger partial charge in [0.2, 0.25) is 0 Å². The van der Waals surface area contributed by atoms with Gasteiger partial charge < -0.3 is 4.74 Å². The summed E-state index contributed by atoms with van der Waals surface area (Å²) in [5.74, 6) is -40.1. The molecule has 146 valence electrons. The number of rotatable bonds is 6. The van der Waals surface area contributed by atoms with Crippen molar-refractivity contribution in [2.24, 2.45) is 0 Å². The molecule has 0 saturated carbocycles. The third-order valence-corrected chi connectivity index (χ3v) is 2.56. The van der Waals surface area contributed by atoms with Gasteiger partial charge in [0.15, 0.2) is 0 Å². The summed E-state index contributed by atoms with van der Waals surface area (Å²) in [6.07, 6.45) is -14.2. The van der Waals surface area contributed by atoms with Crippen LogP contribution in [0.25, 0.3) is 0 Å². The highest BCUT2D eigenvalue weighted by Crippen LogP contribution is 2.62. The van der Waals surface area contributed by atoms with E-state index in [1.54, 1.807) is 0 Å². The molecule has 0 rings (SSSR count). The molecule has 0 heterocycles. The first kappa shape index (κ1) is 22.9. The predicted molar refractivity (Wildman–Crippen MR) is 42.7 cm³/mol. The molecule has 1 nitrogen and oxygen atoms in total. The van der Waals surface area contributed by atoms with Crippen molar-refractivity contribution in [3.05, 3.63) is 0 Å². The number of ether oxygens (including phenoxy) is 1. The zero-order valence-electron chi connectivity index (χ0n) is 10.6. The molecule has 0 fully saturated rings. The van der Waals surface area contributed by atoms with Crippen LogP contribution in [0, 0.1) is 0 Å². The van der Waals surface area contributed by atoms with Gasteiger partial charge in [-0.15, -0.1) is 0 Å². The molecule has 0 aromatic rings. The average molecular weight is 400 g/mol. The standard InChI is InChI=1S/C8H3F15O/c1-24-8(22,23)6(17,18)4(13,14)2(9,10)3(11,12)5(15,16)7(19,20)21/h1H3. The van der Waals surface area contributed by atoms with E-state index in [-0.39, 0.29) is 0 Å². The van der Waals surface area contributed by atoms with Crippen LogP contribution in [0.2, 0.25) is 0 Å². The van der Waals surface area contributed by atoms with E-state index in [0.717, 1.165) is 0 Å². The maximum atomic E-state index is 12.8. The first-order valence-electron chi connectivity index (χ1n) is 4.95. The zero-order chi connectivity index (χ0) is 20.2. The Labute approximate surface area is 121 Å². The second-order valence-corrected chi connectivity index (χ2v) is 4.09. The lowest BCUT2D eigenvalue weighted by Crippen LogP contribution is -2.72. The topological polar surface area (TPSA) is 9.23 Å². The predicted octanol–water partition coefficient (Wildman–Crippen LogP) is 4.96. The molecule has 0 N–H and O–H groups in total. The van der Waals surface area contributed by atoms with Crippen LogP contribution in [0.3, 0.4) is 0 Å². The van der Waals surface area contributed by atoms with Crippen LogP contribution in [-0.4, -0.2) is 49.0 Å². The van der Waals surface area contributed by atoms with Crippen molar-refractivity contribution in [3.63, 3.8) is 0 Å². The minimum Gasteiger partial charge on any atom is -0.319 e. The van der Waals surface area contributed by atoms with Gasteiger partial charge in [0.25, 0.3) is 0 Å². The van der Waals surface area contributed by atoms with E-state index in [0.29, 0.717) is 0 Å². The molecular formula is C8H3F15O. The van der Waals surface area contributed by atoms with Gasteiger partial charge in [-0.3, -0.25) is 0 Å². The van der Waals surface area contributed by atoms with E-state index in [1.165, 1.54) is 0 Å². The molecule has 0 aromatic carbocycles. The monoisotopic (exact) mass is 400 g/mol. The smallest absolute Gasteiger partial charge is 0.319 e. The molecule has 0 unspecified atom stereocenters. The largest absolute Gasteiger partial charge is 0.460 e. The van der Waals surface area contributed by atoms with Crippen molar-refractivity contribution in [1.82, 2.24) is 0 Å². The number of hydrogen-bond donors (Lipinski definition) is 0. The van der Waals surface area contributed by atoms with Gasteiger partial charge in [-0.25, -0.2) is 0 Å². The fourth-order valence-electron chi connectivity index (χ4n) is 1.08. The van der Waals surface area contributed by atoms with Crippen molar-refractivity contribution in [2.45, 2.75) is 41.9 Å². The molecule has 0 bridgehead atoms. The third kappa shape index (κ3) is 2.65. The van der Waals surface area contributed by atoms with Gasteiger partial charge in [0, 0.05) is 7.11 Å². The molecule has 0 spiro atoms. The second-order valence-electron chi connectivity index (χ2n) is 4.09. The minimum absolute atomic E-state index is 0.482. The number of methoxy groups -OCH3 is 1. The molecule has 0 aliphatic carbocycles. The van der Waals surface area contributed by atoms with Crippen LogP contribution in [-0.2, 0) is 4.74 Å². The van der Waals surface area contributed by atoms with Crippen LogP contribution in [0.5, 0.6) is 0 Å². The lowest BCUT2D eigenvalue weighted by Gasteiger charge is -2.40. The van der Waals surface area contributed by atoms with E-state index < -0.39 is 49.0 Å². The Kier molecular flexibility index (Phi) is 5.21. The first-order valence-corrected chi connectivity index (χ1v) is 4.95. The minimum atomic E-state index is -8.27. The van der Waals surface area contributed by atoms with E-state index in [9.17, 15) is 65.9 Å². The Morgan fingerprint density at radius 1 is 0.417 bits per heavy atom. The fourth-order valence-corrected chi connectivity index (χ4v) is 1.08. The van der Waals surface area contributed by atoms with Gasteiger partial charge in [-0.1, -0.05) is 0 Å². The van der Waals surface area contributed by atoms with Crippen molar-refractivity contribution in [2.75, 3.05) is 7.11 Å². The molecule has 0 radical (unpaired) electrons. The normalized spacial score (nSPS) is 16.5. The Bertz CT molecular complexity index is 461. The summed E-state index contributed by atoms with van der Waals surface area (Å²) in [6.45, 7) is 0. The molecule has 0 atom stereocenters. The van der Waals surface area contributed by atoms with Crippen LogP contribution >= 0.6 is 0 Å². The van der Waals surface area contributed by atoms with Gasteiger partial charge in [0.05, 0.1) is 0 Å². The van der Waals surface area contributed by atoms with Crippen molar-refractivity contribution in [1.29, 1.82) is 0 Å². The quantitative estimate of drug-likeness (QED) is 0.573. The molecular weight excluding hydrogens is 397 g/mol. The molecule has 0 saturated heterocycles. The second kappa shape index (κ2) is 5.45. The van der Waals surface area contributed by atoms with Crippen LogP contribution in [0.1, 0.15) is 0 Å². The summed E-state index contributed by atoms with van der Waals surface area (Å²) in [7, 11) is -0.482. The maximum absolute atomic E-state index is 12.8. The van der Waals surface area contributed by atoms with E-state index in [2.05, 4.69) is 4.74 Å². The van der Waals surface area contributed by atoms with Gasteiger partial charge in [-0.2, -0.15) is 65.9 Å². The Balaban J connectivity index is 6.42. The molecule has 0 amide bonds. The van der Waals surface area contributed by atoms with Crippen LogP contribution in [0.4, 0.5) is 65.9 Å². The van der Waals surface area contributed by atoms with Crippen molar-refractivity contribution in [3.8, 4) is 0 Å². The molecule has 0 aromatic heterocycles. The van der Waals surface area contributed by atoms with Gasteiger partial charge in [0.1, 0.15) is 0 Å². The van der Waals surface area contributed by atoms with Crippen LogP contribution < -0.4 is 0 Å². The first-order chi connectivity index (χ1) is 10.1. The summed E-state index contributed by atoms with van der Waals surface area (Å²) < 4.78 is 189. The summed E-state index contributed by atoms with van der Waals surface area (Å²) in [4.78, 5) is 0. The zero-order valence-corrected chi connectivity index (χ0v) is 10.6. The Hall–Kier alpha value is -1.09. The highest BCUT2D eigenvalue weighted by molar-refractivity contribution is 5.11. The number of halogens is 15. The van der Waals surface area contributed by atoms with E-state index >= 15 is 0 Å². The number of hydrogen-bond acceptors (Lipinski definition) is 1. The average Bonchev–Trinajstić information content (AvgIpc) is 2.36. The highest BCUT2D eigenvalue weighted by atomic mass is 19.4. The lowest BCUT2D eigenvalue weighted by molar-refractivity contribution is -0.470. The molecule has 24 heavy (non-hydrogen) atoms. The van der Waals surface area contributed by atoms with Gasteiger partial charge >= 0.3 is 41.9 Å². The fraction of sp³-hybridized carbons (Fsp3) is 1.00. The summed E-state index contributed by atoms with van der Waals surface area (Å²) >= 11 is 0. The lowest BCUT2D eigenvalue weighted by atomic mass is 9.93. The Morgan fingerprint density at radius 2 is 0.667 bits per heavy atom. The molecule has 0 aliphatic rings. The van der Waals surface area contributed by atoms with Crippen LogP contribution in [0.15, 0.2) is 0 Å². The molecule has 0 aliphatic heterocycles.